The lowest BCUT2D eigenvalue weighted by Gasteiger charge is -2.43. The highest BCUT2D eigenvalue weighted by Crippen LogP contribution is 2.35. The number of rotatable bonds is 13. The van der Waals surface area contributed by atoms with Crippen LogP contribution in [0.25, 0.3) is 0 Å². The fourth-order valence-electron chi connectivity index (χ4n) is 9.24. The molecule has 2 fully saturated rings. The van der Waals surface area contributed by atoms with E-state index in [0.717, 1.165) is 15.3 Å². The van der Waals surface area contributed by atoms with Crippen LogP contribution >= 0.6 is 34.3 Å². The van der Waals surface area contributed by atoms with Crippen LogP contribution in [0.2, 0.25) is 4.34 Å². The number of amides is 7. The molecule has 71 heavy (non-hydrogen) atoms. The fraction of sp³-hybridized carbons (Fsp3) is 0.283. The van der Waals surface area contributed by atoms with E-state index in [4.69, 9.17) is 11.6 Å². The molecular weight excluding hydrogens is 962 g/mol. The van der Waals surface area contributed by atoms with E-state index in [1.165, 1.54) is 35.8 Å². The molecule has 18 heteroatoms. The molecule has 2 saturated heterocycles. The van der Waals surface area contributed by atoms with Crippen molar-refractivity contribution in [1.29, 1.82) is 0 Å². The van der Waals surface area contributed by atoms with Gasteiger partial charge in [-0.15, -0.1) is 22.7 Å². The smallest absolute Gasteiger partial charge is 0.329 e. The summed E-state index contributed by atoms with van der Waals surface area (Å²) in [6.45, 7) is 3.93. The van der Waals surface area contributed by atoms with Crippen LogP contribution in [-0.4, -0.2) is 134 Å². The summed E-state index contributed by atoms with van der Waals surface area (Å²) in [5, 5.41) is 23.1. The normalized spacial score (nSPS) is 16.7. The predicted octanol–water partition coefficient (Wildman–Crippen LogP) is 9.47. The Hall–Kier alpha value is -7.21. The van der Waals surface area contributed by atoms with Gasteiger partial charge in [-0.1, -0.05) is 103 Å². The number of benzene rings is 4. The molecular formula is C53H54ClN7O8S2. The molecule has 368 valence electrons. The van der Waals surface area contributed by atoms with Crippen molar-refractivity contribution < 1.29 is 39.0 Å². The average Bonchev–Trinajstić information content (AvgIpc) is 4.01. The maximum absolute atomic E-state index is 15.0. The van der Waals surface area contributed by atoms with Crippen LogP contribution in [0, 0.1) is 6.92 Å². The van der Waals surface area contributed by atoms with E-state index < -0.39 is 54.0 Å². The highest BCUT2D eigenvalue weighted by Gasteiger charge is 2.43. The molecule has 2 N–H and O–H groups in total. The molecule has 0 spiro atoms. The Labute approximate surface area is 425 Å². The molecule has 0 radical (unpaired) electrons. The molecule has 4 heterocycles. The molecule has 0 aliphatic carbocycles. The minimum atomic E-state index is -1.38. The van der Waals surface area contributed by atoms with Gasteiger partial charge in [0, 0.05) is 49.5 Å². The molecule has 2 aliphatic heterocycles. The van der Waals surface area contributed by atoms with Crippen molar-refractivity contribution in [3.63, 3.8) is 0 Å². The summed E-state index contributed by atoms with van der Waals surface area (Å²) in [6.07, 6.45) is 0. The van der Waals surface area contributed by atoms with Gasteiger partial charge in [-0.05, 0) is 83.9 Å². The Bertz CT molecular complexity index is 2830. The number of hydrogen-bond donors (Lipinski definition) is 2. The van der Waals surface area contributed by atoms with E-state index in [1.54, 1.807) is 94.9 Å². The molecule has 15 nitrogen and oxygen atoms in total. The zero-order valence-electron chi connectivity index (χ0n) is 39.4. The van der Waals surface area contributed by atoms with Gasteiger partial charge in [-0.25, -0.2) is 24.0 Å². The second kappa shape index (κ2) is 22.3. The summed E-state index contributed by atoms with van der Waals surface area (Å²) in [4.78, 5) is 96.5. The number of aliphatic carboxylic acids is 2. The maximum Gasteiger partial charge on any atom is 0.329 e. The van der Waals surface area contributed by atoms with Crippen LogP contribution in [-0.2, 0) is 27.5 Å². The van der Waals surface area contributed by atoms with Crippen LogP contribution in [0.4, 0.5) is 25.8 Å². The van der Waals surface area contributed by atoms with Crippen molar-refractivity contribution in [2.75, 3.05) is 51.2 Å². The first-order valence-electron chi connectivity index (χ1n) is 23.1. The molecule has 2 aliphatic rings. The Morgan fingerprint density at radius 3 is 1.76 bits per heavy atom. The van der Waals surface area contributed by atoms with Gasteiger partial charge in [0.15, 0.2) is 0 Å². The molecule has 4 atom stereocenters. The van der Waals surface area contributed by atoms with Gasteiger partial charge in [0.1, 0.15) is 12.1 Å². The van der Waals surface area contributed by atoms with Gasteiger partial charge < -0.3 is 39.6 Å². The molecule has 0 saturated carbocycles. The second-order valence-electron chi connectivity index (χ2n) is 17.6. The molecule has 6 aromatic rings. The summed E-state index contributed by atoms with van der Waals surface area (Å²) >= 11 is 9.29. The second-order valence-corrected chi connectivity index (χ2v) is 20.5. The van der Waals surface area contributed by atoms with Crippen LogP contribution in [0.15, 0.2) is 139 Å². The Balaban J connectivity index is 1.05. The topological polar surface area (TPSA) is 166 Å². The lowest BCUT2D eigenvalue weighted by molar-refractivity contribution is -0.153. The van der Waals surface area contributed by atoms with Gasteiger partial charge >= 0.3 is 30.0 Å². The van der Waals surface area contributed by atoms with Crippen molar-refractivity contribution in [3.05, 3.63) is 175 Å². The fourth-order valence-corrected chi connectivity index (χ4v) is 11.1. The van der Waals surface area contributed by atoms with E-state index in [1.807, 2.05) is 86.0 Å². The largest absolute Gasteiger partial charge is 0.480 e. The number of carboxylic acid groups (broad SMARTS) is 2. The molecule has 2 unspecified atom stereocenters. The molecule has 4 aromatic carbocycles. The first-order valence-corrected chi connectivity index (χ1v) is 25.2. The van der Waals surface area contributed by atoms with Crippen LogP contribution in [0.5, 0.6) is 0 Å². The van der Waals surface area contributed by atoms with Gasteiger partial charge in [-0.3, -0.25) is 9.69 Å². The minimum Gasteiger partial charge on any atom is -0.480 e. The summed E-state index contributed by atoms with van der Waals surface area (Å²) < 4.78 is 0.524. The summed E-state index contributed by atoms with van der Waals surface area (Å²) in [7, 11) is 1.68. The number of urea groups is 3. The van der Waals surface area contributed by atoms with Crippen LogP contribution < -0.4 is 4.90 Å². The van der Waals surface area contributed by atoms with E-state index in [-0.39, 0.29) is 51.8 Å². The van der Waals surface area contributed by atoms with Crippen molar-refractivity contribution in [1.82, 2.24) is 29.4 Å². The SMILES string of the molecule is Cc1ccc(CN(C)C(=O)N2CCN(C(=O)C(c3ccccc3)c3cccc(C(C)N(Cc4csc(Cl)c4)C(=O)N4CCN(C(=O)N(c5ccccc5)c5ccccc5)[C@H](C(=O)O)C4)c3)[C@H](C(=O)O)C2)s1. The van der Waals surface area contributed by atoms with Gasteiger partial charge in [0.25, 0.3) is 0 Å². The average molecular weight is 1020 g/mol. The lowest BCUT2D eigenvalue weighted by Crippen LogP contribution is -2.62. The third-order valence-corrected chi connectivity index (χ3v) is 15.1. The number of nitrogens with zero attached hydrogens (tertiary/aromatic N) is 7. The third kappa shape index (κ3) is 11.4. The van der Waals surface area contributed by atoms with Gasteiger partial charge in [0.05, 0.1) is 47.3 Å². The number of piperazine rings is 2. The van der Waals surface area contributed by atoms with Crippen LogP contribution in [0.1, 0.15) is 50.9 Å². The van der Waals surface area contributed by atoms with E-state index in [0.29, 0.717) is 38.9 Å². The van der Waals surface area contributed by atoms with Crippen LogP contribution in [0.3, 0.4) is 0 Å². The van der Waals surface area contributed by atoms with E-state index in [9.17, 15) is 39.0 Å². The quantitative estimate of drug-likeness (QED) is 0.116. The standard InChI is InChI=1S/C53H54ClN7O8S2/c1-35-22-23-43(71-35)31-55(3)51(67)56-24-26-58(44(32-56)49(63)64)48(62)47(38-14-7-4-8-15-38)40-17-13-16-39(29-40)36(2)60(30-37-28-46(54)70-34-37)52(68)57-25-27-59(45(33-57)50(65)66)53(69)61(41-18-9-5-10-19-41)42-20-11-6-12-21-42/h4-23,28-29,34,36,44-45,47H,24-27,30-33H2,1-3H3,(H,63,64)(H,65,66)/t36?,44-,45-,47?/m0/s1. The first-order chi connectivity index (χ1) is 34.2. The number of halogens is 1. The van der Waals surface area contributed by atoms with Crippen molar-refractivity contribution >= 4 is 81.6 Å². The monoisotopic (exact) mass is 1020 g/mol. The lowest BCUT2D eigenvalue weighted by atomic mass is 9.87. The third-order valence-electron chi connectivity index (χ3n) is 12.9. The molecule has 8 rings (SSSR count). The number of aryl methyl sites for hydroxylation is 1. The highest BCUT2D eigenvalue weighted by molar-refractivity contribution is 7.14. The zero-order chi connectivity index (χ0) is 50.3. The van der Waals surface area contributed by atoms with E-state index >= 15 is 0 Å². The summed E-state index contributed by atoms with van der Waals surface area (Å²) in [5.41, 5.74) is 3.71. The Morgan fingerprint density at radius 1 is 0.648 bits per heavy atom. The van der Waals surface area contributed by atoms with Gasteiger partial charge in [0.2, 0.25) is 5.91 Å². The molecule has 7 amide bonds. The molecule has 0 bridgehead atoms. The minimum absolute atomic E-state index is 0.00879. The Kier molecular flexibility index (Phi) is 15.7. The number of para-hydroxylation sites is 2. The predicted molar refractivity (Wildman–Crippen MR) is 274 cm³/mol. The Morgan fingerprint density at radius 2 is 1.20 bits per heavy atom. The summed E-state index contributed by atoms with van der Waals surface area (Å²) in [5.74, 6) is -3.90. The number of hydrogen-bond acceptors (Lipinski definition) is 8. The van der Waals surface area contributed by atoms with E-state index in [2.05, 4.69) is 0 Å². The van der Waals surface area contributed by atoms with Crippen molar-refractivity contribution in [2.45, 2.75) is 51.0 Å². The first kappa shape index (κ1) is 50.2. The van der Waals surface area contributed by atoms with Crippen molar-refractivity contribution in [3.8, 4) is 0 Å². The zero-order valence-corrected chi connectivity index (χ0v) is 41.8. The van der Waals surface area contributed by atoms with Crippen molar-refractivity contribution in [2.24, 2.45) is 0 Å². The number of anilines is 2. The number of carbonyl (C=O) groups excluding carboxylic acids is 4. The highest BCUT2D eigenvalue weighted by atomic mass is 35.5. The maximum atomic E-state index is 15.0. The summed E-state index contributed by atoms with van der Waals surface area (Å²) in [6, 6.07) is 35.3. The molecule has 2 aromatic heterocycles. The van der Waals surface area contributed by atoms with Gasteiger partial charge in [-0.2, -0.15) is 0 Å². The number of carbonyl (C=O) groups is 6. The number of carboxylic acids is 2. The number of thiophene rings is 2.